The van der Waals surface area contributed by atoms with Gasteiger partial charge in [0.05, 0.1) is 11.9 Å². The molecule has 154 valence electrons. The lowest BCUT2D eigenvalue weighted by molar-refractivity contribution is -0.274. The summed E-state index contributed by atoms with van der Waals surface area (Å²) < 4.78 is 84.5. The van der Waals surface area contributed by atoms with Crippen molar-refractivity contribution in [2.24, 2.45) is 0 Å². The Bertz CT molecular complexity index is 1010. The van der Waals surface area contributed by atoms with Crippen molar-refractivity contribution in [3.05, 3.63) is 48.1 Å². The van der Waals surface area contributed by atoms with Gasteiger partial charge in [-0.15, -0.1) is 13.2 Å². The number of nitrogen functional groups attached to an aromatic ring is 1. The van der Waals surface area contributed by atoms with Crippen LogP contribution in [0.1, 0.15) is 11.6 Å². The summed E-state index contributed by atoms with van der Waals surface area (Å²) in [5.41, 5.74) is 4.46. The minimum atomic E-state index is -4.84. The third-order valence-corrected chi connectivity index (χ3v) is 4.08. The van der Waals surface area contributed by atoms with Crippen LogP contribution in [0, 0.1) is 0 Å². The molecule has 3 rings (SSSR count). The number of rotatable bonds is 5. The number of benzene rings is 1. The Morgan fingerprint density at radius 2 is 1.83 bits per heavy atom. The molecular formula is C16H10F6N4O2S. The molecule has 13 heteroatoms. The van der Waals surface area contributed by atoms with Crippen molar-refractivity contribution in [2.75, 3.05) is 5.73 Å². The standard InChI is InChI=1S/C16H10F6N4O2S/c17-15(18,19)11-5-12(23)26-14(25-11)29-7-13-24-6-10(27-13)8-2-1-3-9(4-8)28-16(20,21)22/h1-6H,7H2,(H2,23,25,26). The largest absolute Gasteiger partial charge is 0.573 e. The smallest absolute Gasteiger partial charge is 0.440 e. The van der Waals surface area contributed by atoms with Crippen LogP contribution in [-0.4, -0.2) is 21.3 Å². The first-order chi connectivity index (χ1) is 13.5. The van der Waals surface area contributed by atoms with Gasteiger partial charge < -0.3 is 14.9 Å². The quantitative estimate of drug-likeness (QED) is 0.345. The van der Waals surface area contributed by atoms with Crippen molar-refractivity contribution >= 4 is 17.6 Å². The molecule has 2 aromatic heterocycles. The van der Waals surface area contributed by atoms with E-state index >= 15 is 0 Å². The van der Waals surface area contributed by atoms with Gasteiger partial charge in [-0.2, -0.15) is 13.2 Å². The summed E-state index contributed by atoms with van der Waals surface area (Å²) >= 11 is 0.806. The van der Waals surface area contributed by atoms with Gasteiger partial charge in [0.25, 0.3) is 0 Å². The predicted molar refractivity (Wildman–Crippen MR) is 89.6 cm³/mol. The van der Waals surface area contributed by atoms with Crippen LogP contribution >= 0.6 is 11.8 Å². The SMILES string of the molecule is Nc1cc(C(F)(F)F)nc(SCc2ncc(-c3cccc(OC(F)(F)F)c3)o2)n1. The van der Waals surface area contributed by atoms with Crippen LogP contribution < -0.4 is 10.5 Å². The van der Waals surface area contributed by atoms with Gasteiger partial charge in [-0.05, 0) is 12.1 Å². The van der Waals surface area contributed by atoms with Crippen LogP contribution in [0.5, 0.6) is 5.75 Å². The first-order valence-corrected chi connectivity index (χ1v) is 8.63. The minimum Gasteiger partial charge on any atom is -0.440 e. The van der Waals surface area contributed by atoms with Crippen LogP contribution in [0.25, 0.3) is 11.3 Å². The number of halogens is 6. The first-order valence-electron chi connectivity index (χ1n) is 7.65. The zero-order valence-electron chi connectivity index (χ0n) is 14.1. The van der Waals surface area contributed by atoms with Crippen molar-refractivity contribution in [1.29, 1.82) is 0 Å². The highest BCUT2D eigenvalue weighted by Gasteiger charge is 2.33. The summed E-state index contributed by atoms with van der Waals surface area (Å²) in [6.45, 7) is 0. The Balaban J connectivity index is 1.72. The maximum absolute atomic E-state index is 12.8. The van der Waals surface area contributed by atoms with Crippen LogP contribution in [-0.2, 0) is 11.9 Å². The molecule has 0 saturated carbocycles. The van der Waals surface area contributed by atoms with E-state index in [9.17, 15) is 26.3 Å². The van der Waals surface area contributed by atoms with E-state index in [1.807, 2.05) is 0 Å². The number of nitrogens with zero attached hydrogens (tertiary/aromatic N) is 3. The van der Waals surface area contributed by atoms with E-state index in [1.165, 1.54) is 18.3 Å². The number of aromatic nitrogens is 3. The van der Waals surface area contributed by atoms with Gasteiger partial charge in [-0.3, -0.25) is 0 Å². The monoisotopic (exact) mass is 436 g/mol. The molecule has 1 aromatic carbocycles. The van der Waals surface area contributed by atoms with Crippen LogP contribution in [0.3, 0.4) is 0 Å². The zero-order chi connectivity index (χ0) is 21.2. The predicted octanol–water partition coefficient (Wildman–Crippen LogP) is 4.92. The number of alkyl halides is 6. The molecule has 0 atom stereocenters. The lowest BCUT2D eigenvalue weighted by Gasteiger charge is -2.09. The highest BCUT2D eigenvalue weighted by Crippen LogP contribution is 2.32. The molecule has 2 N–H and O–H groups in total. The van der Waals surface area contributed by atoms with Crippen LogP contribution in [0.15, 0.2) is 46.1 Å². The Morgan fingerprint density at radius 3 is 2.52 bits per heavy atom. The molecule has 0 spiro atoms. The fraction of sp³-hybridized carbons (Fsp3) is 0.188. The molecule has 2 heterocycles. The van der Waals surface area contributed by atoms with Gasteiger partial charge in [-0.25, -0.2) is 15.0 Å². The molecule has 0 unspecified atom stereocenters. The molecule has 0 aliphatic carbocycles. The molecule has 29 heavy (non-hydrogen) atoms. The average molecular weight is 436 g/mol. The molecule has 0 saturated heterocycles. The Kier molecular flexibility index (Phi) is 5.59. The van der Waals surface area contributed by atoms with Crippen molar-refractivity contribution in [2.45, 2.75) is 23.4 Å². The molecule has 0 aliphatic heterocycles. The summed E-state index contributed by atoms with van der Waals surface area (Å²) in [4.78, 5) is 11.0. The van der Waals surface area contributed by atoms with E-state index < -0.39 is 24.0 Å². The normalized spacial score (nSPS) is 12.2. The van der Waals surface area contributed by atoms with E-state index in [0.29, 0.717) is 6.07 Å². The molecule has 0 radical (unpaired) electrons. The topological polar surface area (TPSA) is 87.1 Å². The number of thioether (sulfide) groups is 1. The second-order valence-corrected chi connectivity index (χ2v) is 6.38. The lowest BCUT2D eigenvalue weighted by atomic mass is 10.2. The zero-order valence-corrected chi connectivity index (χ0v) is 14.9. The van der Waals surface area contributed by atoms with E-state index in [-0.39, 0.29) is 33.9 Å². The van der Waals surface area contributed by atoms with E-state index in [0.717, 1.165) is 23.9 Å². The number of ether oxygens (including phenoxy) is 1. The van der Waals surface area contributed by atoms with Gasteiger partial charge >= 0.3 is 12.5 Å². The van der Waals surface area contributed by atoms with Crippen molar-refractivity contribution in [3.63, 3.8) is 0 Å². The molecule has 3 aromatic rings. The maximum atomic E-state index is 12.8. The van der Waals surface area contributed by atoms with Gasteiger partial charge in [0, 0.05) is 11.6 Å². The average Bonchev–Trinajstić information content (AvgIpc) is 3.06. The highest BCUT2D eigenvalue weighted by molar-refractivity contribution is 7.98. The van der Waals surface area contributed by atoms with Gasteiger partial charge in [0.15, 0.2) is 16.6 Å². The summed E-state index contributed by atoms with van der Waals surface area (Å²) in [5.74, 6) is -0.552. The second-order valence-electron chi connectivity index (χ2n) is 5.44. The molecule has 6 nitrogen and oxygen atoms in total. The summed E-state index contributed by atoms with van der Waals surface area (Å²) in [5, 5.41) is -0.224. The maximum Gasteiger partial charge on any atom is 0.573 e. The molecular weight excluding hydrogens is 426 g/mol. The first kappa shape index (κ1) is 20.8. The number of hydrogen-bond acceptors (Lipinski definition) is 7. The molecule has 0 fully saturated rings. The van der Waals surface area contributed by atoms with Crippen molar-refractivity contribution in [1.82, 2.24) is 15.0 Å². The van der Waals surface area contributed by atoms with Gasteiger partial charge in [-0.1, -0.05) is 23.9 Å². The fourth-order valence-electron chi connectivity index (χ4n) is 2.14. The molecule has 0 amide bonds. The Hall–Kier alpha value is -2.96. The number of anilines is 1. The van der Waals surface area contributed by atoms with Crippen molar-refractivity contribution in [3.8, 4) is 17.1 Å². The van der Waals surface area contributed by atoms with Crippen LogP contribution in [0.2, 0.25) is 0 Å². The van der Waals surface area contributed by atoms with E-state index in [4.69, 9.17) is 10.2 Å². The van der Waals surface area contributed by atoms with E-state index in [2.05, 4.69) is 19.7 Å². The third-order valence-electron chi connectivity index (χ3n) is 3.25. The summed E-state index contributed by atoms with van der Waals surface area (Å²) in [6.07, 6.45) is -8.25. The second kappa shape index (κ2) is 7.81. The lowest BCUT2D eigenvalue weighted by Crippen LogP contribution is -2.17. The number of oxazole rings is 1. The fourth-order valence-corrected chi connectivity index (χ4v) is 2.85. The summed E-state index contributed by atoms with van der Waals surface area (Å²) in [7, 11) is 0. The highest BCUT2D eigenvalue weighted by atomic mass is 32.2. The number of hydrogen-bond donors (Lipinski definition) is 1. The third kappa shape index (κ3) is 5.76. The van der Waals surface area contributed by atoms with Gasteiger partial charge in [0.2, 0.25) is 5.89 Å². The Morgan fingerprint density at radius 1 is 1.07 bits per heavy atom. The van der Waals surface area contributed by atoms with Crippen LogP contribution in [0.4, 0.5) is 32.2 Å². The van der Waals surface area contributed by atoms with E-state index in [1.54, 1.807) is 0 Å². The summed E-state index contributed by atoms with van der Waals surface area (Å²) in [6, 6.07) is 5.67. The van der Waals surface area contributed by atoms with Gasteiger partial charge in [0.1, 0.15) is 11.6 Å². The van der Waals surface area contributed by atoms with Crippen molar-refractivity contribution < 1.29 is 35.5 Å². The molecule has 0 aliphatic rings. The number of nitrogens with two attached hydrogens (primary N) is 1. The minimum absolute atomic E-state index is 0.0283. The molecule has 0 bridgehead atoms. The Labute approximate surface area is 163 Å².